The first kappa shape index (κ1) is 25.4. The fourth-order valence-electron chi connectivity index (χ4n) is 3.72. The van der Waals surface area contributed by atoms with E-state index in [2.05, 4.69) is 0 Å². The van der Waals surface area contributed by atoms with Crippen LogP contribution in [0.4, 0.5) is 7.88 Å². The molecular formula is C18H28Cl2F3SiZr. The van der Waals surface area contributed by atoms with Crippen LogP contribution in [0.1, 0.15) is 52.4 Å². The third-order valence-electron chi connectivity index (χ3n) is 5.44. The van der Waals surface area contributed by atoms with Gasteiger partial charge in [-0.25, -0.2) is 0 Å². The van der Waals surface area contributed by atoms with E-state index in [-0.39, 0.29) is 44.2 Å². The largest absolute Gasteiger partial charge is 1.00 e. The van der Waals surface area contributed by atoms with Crippen molar-refractivity contribution < 1.29 is 50.4 Å². The van der Waals surface area contributed by atoms with Gasteiger partial charge in [0.1, 0.15) is 0 Å². The van der Waals surface area contributed by atoms with Crippen molar-refractivity contribution in [2.75, 3.05) is 0 Å². The quantitative estimate of drug-likeness (QED) is 0.469. The molecule has 0 saturated carbocycles. The summed E-state index contributed by atoms with van der Waals surface area (Å²) in [4.78, 5) is 0. The molecule has 143 valence electrons. The Morgan fingerprint density at radius 1 is 1.04 bits per heavy atom. The number of allylic oxidation sites excluding steroid dienone is 8. The molecule has 2 rings (SSSR count). The number of hydrogen-bond acceptors (Lipinski definition) is 0. The van der Waals surface area contributed by atoms with Gasteiger partial charge in [-0.3, -0.25) is 0 Å². The van der Waals surface area contributed by atoms with Crippen LogP contribution >= 0.6 is 0 Å². The molecule has 0 radical (unpaired) electrons. The maximum absolute atomic E-state index is 16.4. The van der Waals surface area contributed by atoms with Gasteiger partial charge < -0.3 is 24.8 Å². The monoisotopic (exact) mass is 489 g/mol. The zero-order chi connectivity index (χ0) is 17.2. The number of rotatable bonds is 7. The van der Waals surface area contributed by atoms with Crippen molar-refractivity contribution >= 4 is 5.43 Å². The molecule has 7 heteroatoms. The molecule has 25 heavy (non-hydrogen) atoms. The summed E-state index contributed by atoms with van der Waals surface area (Å²) < 4.78 is 49.0. The van der Waals surface area contributed by atoms with E-state index in [4.69, 9.17) is 0 Å². The zero-order valence-electron chi connectivity index (χ0n) is 15.2. The van der Waals surface area contributed by atoms with E-state index in [1.54, 1.807) is 18.7 Å². The van der Waals surface area contributed by atoms with Crippen LogP contribution in [0.3, 0.4) is 0 Å². The number of unbranched alkanes of at least 4 members (excludes halogenated alkanes) is 1. The van der Waals surface area contributed by atoms with Crippen LogP contribution in [0.5, 0.6) is 0 Å². The van der Waals surface area contributed by atoms with E-state index < -0.39 is 23.2 Å². The van der Waals surface area contributed by atoms with Gasteiger partial charge in [0.15, 0.2) is 0 Å². The van der Waals surface area contributed by atoms with Crippen molar-refractivity contribution in [3.05, 3.63) is 42.5 Å². The summed E-state index contributed by atoms with van der Waals surface area (Å²) in [7, 11) is 0. The third kappa shape index (κ3) is 4.31. The van der Waals surface area contributed by atoms with Crippen molar-refractivity contribution in [3.8, 4) is 0 Å². The molecule has 2 aliphatic rings. The van der Waals surface area contributed by atoms with Crippen LogP contribution in [0, 0.1) is 0 Å². The van der Waals surface area contributed by atoms with Crippen LogP contribution in [0.2, 0.25) is 12.6 Å². The molecule has 0 aromatic rings. The SMILES string of the molecule is CCCC[Si](C)=[Zr+2]([F])([F])([F])([C]1=CC=CC1)[C]1=CC(CCC)=CC1.[Cl-].[Cl-]. The molecule has 0 saturated heterocycles. The van der Waals surface area contributed by atoms with Crippen molar-refractivity contribution in [1.29, 1.82) is 0 Å². The predicted molar refractivity (Wildman–Crippen MR) is 92.2 cm³/mol. The molecule has 0 unspecified atom stereocenters. The van der Waals surface area contributed by atoms with E-state index in [0.717, 1.165) is 24.8 Å². The maximum atomic E-state index is 16.4. The minimum atomic E-state index is -8.07. The van der Waals surface area contributed by atoms with E-state index in [1.807, 2.05) is 19.9 Å². The van der Waals surface area contributed by atoms with Gasteiger partial charge in [-0.05, 0) is 0 Å². The maximum Gasteiger partial charge on any atom is -1.00 e. The molecule has 0 nitrogen and oxygen atoms in total. The van der Waals surface area contributed by atoms with Crippen LogP contribution < -0.4 is 24.8 Å². The first-order valence-corrected chi connectivity index (χ1v) is 19.9. The van der Waals surface area contributed by atoms with Crippen molar-refractivity contribution in [2.24, 2.45) is 0 Å². The molecule has 0 atom stereocenters. The van der Waals surface area contributed by atoms with Gasteiger partial charge in [0.05, 0.1) is 0 Å². The van der Waals surface area contributed by atoms with Crippen LogP contribution in [0.15, 0.2) is 42.5 Å². The predicted octanol–water partition coefficient (Wildman–Crippen LogP) is 1.15. The van der Waals surface area contributed by atoms with Crippen LogP contribution in [-0.2, 0) is 17.7 Å². The molecule has 0 fully saturated rings. The van der Waals surface area contributed by atoms with Gasteiger partial charge in [0, 0.05) is 0 Å². The van der Waals surface area contributed by atoms with Gasteiger partial charge in [-0.2, -0.15) is 0 Å². The standard InChI is InChI=1S/C8H11.C5H12Si.C5H5.2ClH.3FH.Zr/c1-2-5-8-6-3-4-7-8;1-3-4-5-6-2;1-2-4-5-3-1;;;;;;/h6-7H,2-3,5H2,1H3;3-5H2,1-2H3;1-3H,4H2;5*1H;/q;;;;;;;;+5/p-5. The average molecular weight is 492 g/mol. The Morgan fingerprint density at radius 3 is 2.24 bits per heavy atom. The van der Waals surface area contributed by atoms with Crippen molar-refractivity contribution in [2.45, 2.75) is 65.0 Å². The van der Waals surface area contributed by atoms with E-state index in [1.165, 1.54) is 12.2 Å². The summed E-state index contributed by atoms with van der Waals surface area (Å²) in [6.07, 6.45) is 11.4. The molecular weight excluding hydrogens is 463 g/mol. The second-order valence-corrected chi connectivity index (χ2v) is 32.0. The van der Waals surface area contributed by atoms with Crippen LogP contribution in [-0.4, -0.2) is 5.43 Å². The minimum absolute atomic E-state index is 0. The fraction of sp³-hybridized carbons (Fsp3) is 0.556. The van der Waals surface area contributed by atoms with E-state index >= 15 is 7.88 Å². The molecule has 0 spiro atoms. The third-order valence-corrected chi connectivity index (χ3v) is 35.9. The molecule has 0 aromatic carbocycles. The first-order chi connectivity index (χ1) is 10.7. The molecule has 0 N–H and O–H groups in total. The Bertz CT molecular complexity index is 713. The Morgan fingerprint density at radius 2 is 1.72 bits per heavy atom. The summed E-state index contributed by atoms with van der Waals surface area (Å²) in [5.41, 5.74) is -1.50. The second kappa shape index (κ2) is 8.63. The Labute approximate surface area is 162 Å². The molecule has 2 aliphatic carbocycles. The van der Waals surface area contributed by atoms with E-state index in [9.17, 15) is 0 Å². The average Bonchev–Trinajstić information content (AvgIpc) is 3.17. The van der Waals surface area contributed by atoms with Gasteiger partial charge in [0.25, 0.3) is 0 Å². The molecule has 0 bridgehead atoms. The topological polar surface area (TPSA) is 0 Å². The minimum Gasteiger partial charge on any atom is -1.00 e. The Kier molecular flexibility index (Phi) is 8.77. The second-order valence-electron chi connectivity index (χ2n) is 7.05. The summed E-state index contributed by atoms with van der Waals surface area (Å²) in [6.45, 7) is 5.55. The van der Waals surface area contributed by atoms with Gasteiger partial charge in [0.2, 0.25) is 0 Å². The summed E-state index contributed by atoms with van der Waals surface area (Å²) >= 11 is -8.07. The summed E-state index contributed by atoms with van der Waals surface area (Å²) in [6, 6.07) is 0.361. The summed E-state index contributed by atoms with van der Waals surface area (Å²) in [5.74, 6) is 0. The van der Waals surface area contributed by atoms with Gasteiger partial charge >= 0.3 is 139 Å². The smallest absolute Gasteiger partial charge is 1.00 e. The van der Waals surface area contributed by atoms with Gasteiger partial charge in [-0.1, -0.05) is 0 Å². The zero-order valence-corrected chi connectivity index (χ0v) is 20.2. The first-order valence-electron chi connectivity index (χ1n) is 8.78. The number of halogens is 5. The van der Waals surface area contributed by atoms with Crippen molar-refractivity contribution in [1.82, 2.24) is 0 Å². The van der Waals surface area contributed by atoms with E-state index in [0.29, 0.717) is 12.5 Å². The number of hydrogen-bond donors (Lipinski definition) is 0. The Balaban J connectivity index is 0.00000288. The van der Waals surface area contributed by atoms with Crippen LogP contribution in [0.25, 0.3) is 0 Å². The molecule has 0 heterocycles. The fourth-order valence-corrected chi connectivity index (χ4v) is 27.7. The summed E-state index contributed by atoms with van der Waals surface area (Å²) in [5, 5.41) is 0. The van der Waals surface area contributed by atoms with Crippen molar-refractivity contribution in [3.63, 3.8) is 0 Å². The molecule has 0 aromatic heterocycles. The Hall–Kier alpha value is 0.430. The van der Waals surface area contributed by atoms with Gasteiger partial charge in [-0.15, -0.1) is 0 Å². The molecule has 0 aliphatic heterocycles. The molecule has 0 amide bonds. The normalized spacial score (nSPS) is 17.6.